The molecule has 0 fully saturated rings. The summed E-state index contributed by atoms with van der Waals surface area (Å²) in [5.74, 6) is 1.18. The maximum Gasteiger partial charge on any atom is 0.180 e. The molecular weight excluding hydrogens is 402 g/mol. The first-order chi connectivity index (χ1) is 10.2. The van der Waals surface area contributed by atoms with Crippen molar-refractivity contribution in [3.63, 3.8) is 0 Å². The van der Waals surface area contributed by atoms with Gasteiger partial charge in [-0.3, -0.25) is 4.90 Å². The Morgan fingerprint density at radius 2 is 2.27 bits per heavy atom. The number of fused-ring (bicyclic) bond motifs is 1. The number of anilines is 1. The highest BCUT2D eigenvalue weighted by atomic mass is 79.9. The number of hydrogen-bond acceptors (Lipinski definition) is 5. The molecule has 1 unspecified atom stereocenters. The number of nitrogens with two attached hydrogens (primary N) is 1. The number of nitrogens with zero attached hydrogens (tertiary/aromatic N) is 2. The standard InChI is InChI=1S/C15H18BrN3S2.ClH/c1-2-19(9-11-8-18-15(17)21-11)13-5-6-20-14-4-3-10(16)7-12(13)14;/h3-4,7-8,13H,2,5-6,9H2,1H3,(H2,17,18);1H. The van der Waals surface area contributed by atoms with Crippen LogP contribution < -0.4 is 5.73 Å². The van der Waals surface area contributed by atoms with Crippen LogP contribution in [0.25, 0.3) is 0 Å². The van der Waals surface area contributed by atoms with Crippen LogP contribution >= 0.6 is 51.4 Å². The van der Waals surface area contributed by atoms with Crippen molar-refractivity contribution in [3.8, 4) is 0 Å². The average molecular weight is 421 g/mol. The van der Waals surface area contributed by atoms with E-state index in [0.29, 0.717) is 11.2 Å². The van der Waals surface area contributed by atoms with Gasteiger partial charge in [-0.2, -0.15) is 0 Å². The van der Waals surface area contributed by atoms with E-state index in [1.54, 1.807) is 11.3 Å². The van der Waals surface area contributed by atoms with E-state index >= 15 is 0 Å². The third-order valence-corrected chi connectivity index (χ3v) is 6.18. The fraction of sp³-hybridized carbons (Fsp3) is 0.400. The molecule has 3 rings (SSSR count). The summed E-state index contributed by atoms with van der Waals surface area (Å²) in [6.45, 7) is 4.18. The molecule has 0 spiro atoms. The Morgan fingerprint density at radius 3 is 2.95 bits per heavy atom. The van der Waals surface area contributed by atoms with Crippen molar-refractivity contribution in [2.45, 2.75) is 30.8 Å². The second-order valence-electron chi connectivity index (χ2n) is 5.06. The molecule has 22 heavy (non-hydrogen) atoms. The van der Waals surface area contributed by atoms with Crippen LogP contribution in [0.5, 0.6) is 0 Å². The van der Waals surface area contributed by atoms with Gasteiger partial charge in [-0.1, -0.05) is 22.9 Å². The molecule has 1 aliphatic heterocycles. The fourth-order valence-electron chi connectivity index (χ4n) is 2.76. The number of thioether (sulfide) groups is 1. The summed E-state index contributed by atoms with van der Waals surface area (Å²) in [5, 5.41) is 0.656. The van der Waals surface area contributed by atoms with E-state index in [0.717, 1.165) is 17.6 Å². The minimum atomic E-state index is 0. The summed E-state index contributed by atoms with van der Waals surface area (Å²) in [4.78, 5) is 9.34. The molecule has 0 saturated heterocycles. The summed E-state index contributed by atoms with van der Waals surface area (Å²) in [6, 6.07) is 7.12. The summed E-state index contributed by atoms with van der Waals surface area (Å²) >= 11 is 7.16. The number of rotatable bonds is 4. The Bertz CT molecular complexity index is 635. The van der Waals surface area contributed by atoms with Crippen LogP contribution in [-0.2, 0) is 6.54 Å². The molecule has 2 N–H and O–H groups in total. The van der Waals surface area contributed by atoms with Gasteiger partial charge in [-0.15, -0.1) is 35.5 Å². The first-order valence-corrected chi connectivity index (χ1v) is 9.63. The molecule has 0 bridgehead atoms. The van der Waals surface area contributed by atoms with Crippen LogP contribution in [0.2, 0.25) is 0 Å². The predicted octanol–water partition coefficient (Wildman–Crippen LogP) is 4.97. The second kappa shape index (κ2) is 8.02. The van der Waals surface area contributed by atoms with Gasteiger partial charge in [-0.05, 0) is 42.5 Å². The van der Waals surface area contributed by atoms with E-state index in [1.165, 1.54) is 27.5 Å². The predicted molar refractivity (Wildman–Crippen MR) is 102 cm³/mol. The van der Waals surface area contributed by atoms with Crippen molar-refractivity contribution >= 4 is 56.6 Å². The number of nitrogen functional groups attached to an aromatic ring is 1. The molecule has 1 aliphatic rings. The molecule has 3 nitrogen and oxygen atoms in total. The molecule has 1 aromatic carbocycles. The fourth-order valence-corrected chi connectivity index (χ4v) is 4.94. The van der Waals surface area contributed by atoms with Crippen LogP contribution in [0.4, 0.5) is 5.13 Å². The summed E-state index contributed by atoms with van der Waals surface area (Å²) in [7, 11) is 0. The molecule has 2 aromatic rings. The van der Waals surface area contributed by atoms with E-state index in [2.05, 4.69) is 50.9 Å². The van der Waals surface area contributed by atoms with E-state index < -0.39 is 0 Å². The Morgan fingerprint density at radius 1 is 1.45 bits per heavy atom. The number of aromatic nitrogens is 1. The van der Waals surface area contributed by atoms with Crippen LogP contribution in [-0.4, -0.2) is 22.2 Å². The van der Waals surface area contributed by atoms with Gasteiger partial charge in [0.2, 0.25) is 0 Å². The lowest BCUT2D eigenvalue weighted by Crippen LogP contribution is -2.30. The van der Waals surface area contributed by atoms with Crippen LogP contribution in [0.3, 0.4) is 0 Å². The Kier molecular flexibility index (Phi) is 6.58. The SMILES string of the molecule is CCN(Cc1cnc(N)s1)C1CCSc2ccc(Br)cc21.Cl. The molecule has 1 atom stereocenters. The second-order valence-corrected chi connectivity index (χ2v) is 8.26. The molecule has 0 saturated carbocycles. The molecule has 2 heterocycles. The number of hydrogen-bond donors (Lipinski definition) is 1. The van der Waals surface area contributed by atoms with Crippen molar-refractivity contribution in [1.29, 1.82) is 0 Å². The monoisotopic (exact) mass is 419 g/mol. The quantitative estimate of drug-likeness (QED) is 0.758. The average Bonchev–Trinajstić information content (AvgIpc) is 2.89. The normalized spacial score (nSPS) is 17.1. The van der Waals surface area contributed by atoms with Gasteiger partial charge in [0.25, 0.3) is 0 Å². The highest BCUT2D eigenvalue weighted by molar-refractivity contribution is 9.10. The van der Waals surface area contributed by atoms with Gasteiger partial charge in [0, 0.05) is 33.0 Å². The number of thiazole rings is 1. The molecule has 1 aromatic heterocycles. The van der Waals surface area contributed by atoms with Crippen molar-refractivity contribution in [3.05, 3.63) is 39.3 Å². The molecular formula is C15H19BrClN3S2. The maximum atomic E-state index is 5.75. The third-order valence-electron chi connectivity index (χ3n) is 3.76. The van der Waals surface area contributed by atoms with E-state index in [1.807, 2.05) is 18.0 Å². The molecule has 120 valence electrons. The molecule has 0 radical (unpaired) electrons. The van der Waals surface area contributed by atoms with Crippen molar-refractivity contribution in [1.82, 2.24) is 9.88 Å². The first kappa shape index (κ1) is 18.1. The van der Waals surface area contributed by atoms with Crippen molar-refractivity contribution in [2.75, 3.05) is 18.0 Å². The first-order valence-electron chi connectivity index (χ1n) is 7.04. The topological polar surface area (TPSA) is 42.2 Å². The van der Waals surface area contributed by atoms with Gasteiger partial charge in [-0.25, -0.2) is 4.98 Å². The minimum absolute atomic E-state index is 0. The summed E-state index contributed by atoms with van der Waals surface area (Å²) in [6.07, 6.45) is 3.10. The van der Waals surface area contributed by atoms with Crippen molar-refractivity contribution in [2.24, 2.45) is 0 Å². The Hall–Kier alpha value is -0.270. The van der Waals surface area contributed by atoms with Gasteiger partial charge in [0.1, 0.15) is 0 Å². The zero-order valence-electron chi connectivity index (χ0n) is 12.3. The Labute approximate surface area is 154 Å². The third kappa shape index (κ3) is 3.97. The van der Waals surface area contributed by atoms with Gasteiger partial charge < -0.3 is 5.73 Å². The van der Waals surface area contributed by atoms with Gasteiger partial charge in [0.05, 0.1) is 0 Å². The highest BCUT2D eigenvalue weighted by Crippen LogP contribution is 2.41. The summed E-state index contributed by atoms with van der Waals surface area (Å²) in [5.41, 5.74) is 7.19. The highest BCUT2D eigenvalue weighted by Gasteiger charge is 2.26. The maximum absolute atomic E-state index is 5.75. The number of benzene rings is 1. The number of halogens is 2. The van der Waals surface area contributed by atoms with E-state index in [-0.39, 0.29) is 12.4 Å². The minimum Gasteiger partial charge on any atom is -0.375 e. The van der Waals surface area contributed by atoms with Crippen LogP contribution in [0, 0.1) is 0 Å². The molecule has 7 heteroatoms. The lowest BCUT2D eigenvalue weighted by atomic mass is 10.0. The van der Waals surface area contributed by atoms with Gasteiger partial charge in [0.15, 0.2) is 5.13 Å². The van der Waals surface area contributed by atoms with Crippen molar-refractivity contribution < 1.29 is 0 Å². The van der Waals surface area contributed by atoms with Crippen LogP contribution in [0.1, 0.15) is 29.8 Å². The largest absolute Gasteiger partial charge is 0.375 e. The summed E-state index contributed by atoms with van der Waals surface area (Å²) < 4.78 is 1.16. The zero-order valence-corrected chi connectivity index (χ0v) is 16.3. The smallest absolute Gasteiger partial charge is 0.180 e. The van der Waals surface area contributed by atoms with E-state index in [4.69, 9.17) is 5.73 Å². The lowest BCUT2D eigenvalue weighted by Gasteiger charge is -2.34. The zero-order chi connectivity index (χ0) is 14.8. The van der Waals surface area contributed by atoms with Gasteiger partial charge >= 0.3 is 0 Å². The van der Waals surface area contributed by atoms with Crippen LogP contribution in [0.15, 0.2) is 33.8 Å². The Balaban J connectivity index is 0.00000176. The van der Waals surface area contributed by atoms with E-state index in [9.17, 15) is 0 Å². The molecule has 0 amide bonds. The lowest BCUT2D eigenvalue weighted by molar-refractivity contribution is 0.192. The molecule has 0 aliphatic carbocycles.